The van der Waals surface area contributed by atoms with Crippen LogP contribution in [0.25, 0.3) is 0 Å². The SMILES string of the molecule is CN(C)c1cc(Cl)ccc1C(=O)Nc1ccc2c(c1)CCN2C(=O)Cn1cccn1. The lowest BCUT2D eigenvalue weighted by Crippen LogP contribution is -2.32. The number of carbonyl (C=O) groups excluding carboxylic acids is 2. The Labute approximate surface area is 179 Å². The van der Waals surface area contributed by atoms with Crippen LogP contribution in [-0.4, -0.2) is 42.2 Å². The second-order valence-electron chi connectivity index (χ2n) is 7.35. The van der Waals surface area contributed by atoms with E-state index in [1.165, 1.54) is 0 Å². The van der Waals surface area contributed by atoms with Crippen LogP contribution >= 0.6 is 11.6 Å². The molecule has 0 spiro atoms. The van der Waals surface area contributed by atoms with Crippen molar-refractivity contribution in [3.8, 4) is 0 Å². The lowest BCUT2D eigenvalue weighted by atomic mass is 10.1. The molecule has 1 aliphatic rings. The molecule has 4 rings (SSSR count). The molecule has 1 aliphatic heterocycles. The molecule has 0 aliphatic carbocycles. The number of carbonyl (C=O) groups is 2. The van der Waals surface area contributed by atoms with Gasteiger partial charge in [-0.25, -0.2) is 0 Å². The van der Waals surface area contributed by atoms with Gasteiger partial charge in [-0.05, 0) is 54.4 Å². The average Bonchev–Trinajstić information content (AvgIpc) is 3.37. The number of hydrogen-bond acceptors (Lipinski definition) is 4. The summed E-state index contributed by atoms with van der Waals surface area (Å²) in [7, 11) is 3.74. The fourth-order valence-electron chi connectivity index (χ4n) is 3.62. The van der Waals surface area contributed by atoms with Crippen molar-refractivity contribution >= 4 is 40.5 Å². The Morgan fingerprint density at radius 3 is 2.77 bits per heavy atom. The summed E-state index contributed by atoms with van der Waals surface area (Å²) in [6.07, 6.45) is 4.17. The summed E-state index contributed by atoms with van der Waals surface area (Å²) >= 11 is 6.08. The highest BCUT2D eigenvalue weighted by Crippen LogP contribution is 2.31. The number of amides is 2. The minimum atomic E-state index is -0.208. The molecule has 0 atom stereocenters. The highest BCUT2D eigenvalue weighted by atomic mass is 35.5. The summed E-state index contributed by atoms with van der Waals surface area (Å²) in [5.74, 6) is -0.217. The quantitative estimate of drug-likeness (QED) is 0.682. The second-order valence-corrected chi connectivity index (χ2v) is 7.79. The Balaban J connectivity index is 1.50. The van der Waals surface area contributed by atoms with Crippen LogP contribution in [0, 0.1) is 0 Å². The van der Waals surface area contributed by atoms with E-state index in [0.29, 0.717) is 22.8 Å². The van der Waals surface area contributed by atoms with Gasteiger partial charge in [0.25, 0.3) is 5.91 Å². The van der Waals surface area contributed by atoms with Gasteiger partial charge in [0.05, 0.1) is 11.3 Å². The van der Waals surface area contributed by atoms with E-state index < -0.39 is 0 Å². The van der Waals surface area contributed by atoms with Crippen molar-refractivity contribution in [1.29, 1.82) is 0 Å². The first-order chi connectivity index (χ1) is 14.4. The van der Waals surface area contributed by atoms with Gasteiger partial charge in [0.1, 0.15) is 6.54 Å². The smallest absolute Gasteiger partial charge is 0.257 e. The van der Waals surface area contributed by atoms with Gasteiger partial charge >= 0.3 is 0 Å². The maximum absolute atomic E-state index is 12.8. The Kier molecular flexibility index (Phi) is 5.46. The van der Waals surface area contributed by atoms with Gasteiger partial charge in [-0.3, -0.25) is 14.3 Å². The predicted molar refractivity (Wildman–Crippen MR) is 118 cm³/mol. The van der Waals surface area contributed by atoms with Gasteiger partial charge in [-0.2, -0.15) is 5.10 Å². The van der Waals surface area contributed by atoms with E-state index >= 15 is 0 Å². The first kappa shape index (κ1) is 20.0. The van der Waals surface area contributed by atoms with Crippen molar-refractivity contribution in [2.75, 3.05) is 35.8 Å². The van der Waals surface area contributed by atoms with Gasteiger partial charge in [0.15, 0.2) is 0 Å². The number of fused-ring (bicyclic) bond motifs is 1. The Morgan fingerprint density at radius 2 is 2.03 bits per heavy atom. The first-order valence-corrected chi connectivity index (χ1v) is 9.99. The Bertz CT molecular complexity index is 1090. The van der Waals surface area contributed by atoms with Crippen molar-refractivity contribution < 1.29 is 9.59 Å². The summed E-state index contributed by atoms with van der Waals surface area (Å²) in [5, 5.41) is 7.63. The second kappa shape index (κ2) is 8.20. The molecule has 2 aromatic carbocycles. The van der Waals surface area contributed by atoms with Gasteiger partial charge in [-0.1, -0.05) is 11.6 Å². The molecule has 0 bridgehead atoms. The van der Waals surface area contributed by atoms with Crippen molar-refractivity contribution in [3.05, 3.63) is 71.0 Å². The molecule has 30 heavy (non-hydrogen) atoms. The number of nitrogens with one attached hydrogen (secondary N) is 1. The molecule has 2 amide bonds. The van der Waals surface area contributed by atoms with Crippen molar-refractivity contribution in [2.45, 2.75) is 13.0 Å². The van der Waals surface area contributed by atoms with Crippen LogP contribution < -0.4 is 15.1 Å². The molecule has 2 heterocycles. The zero-order valence-electron chi connectivity index (χ0n) is 16.8. The number of rotatable bonds is 5. The fourth-order valence-corrected chi connectivity index (χ4v) is 3.79. The fraction of sp³-hybridized carbons (Fsp3) is 0.227. The van der Waals surface area contributed by atoms with Crippen molar-refractivity contribution in [1.82, 2.24) is 9.78 Å². The van der Waals surface area contributed by atoms with E-state index in [1.54, 1.807) is 46.2 Å². The van der Waals surface area contributed by atoms with E-state index in [-0.39, 0.29) is 18.4 Å². The molecular formula is C22H22ClN5O2. The number of aromatic nitrogens is 2. The molecule has 0 saturated carbocycles. The van der Waals surface area contributed by atoms with Crippen molar-refractivity contribution in [2.24, 2.45) is 0 Å². The largest absolute Gasteiger partial charge is 0.377 e. The molecule has 0 fully saturated rings. The third-order valence-corrected chi connectivity index (χ3v) is 5.31. The van der Waals surface area contributed by atoms with Gasteiger partial charge in [-0.15, -0.1) is 0 Å². The molecule has 8 heteroatoms. The minimum absolute atomic E-state index is 0.00831. The molecule has 0 radical (unpaired) electrons. The third-order valence-electron chi connectivity index (χ3n) is 5.08. The van der Waals surface area contributed by atoms with Gasteiger partial charge in [0, 0.05) is 49.4 Å². The third kappa shape index (κ3) is 4.02. The maximum atomic E-state index is 12.8. The molecule has 0 saturated heterocycles. The summed E-state index contributed by atoms with van der Waals surface area (Å²) in [4.78, 5) is 29.1. The first-order valence-electron chi connectivity index (χ1n) is 9.61. The maximum Gasteiger partial charge on any atom is 0.257 e. The van der Waals surface area contributed by atoms with Gasteiger partial charge in [0.2, 0.25) is 5.91 Å². The number of anilines is 3. The zero-order valence-corrected chi connectivity index (χ0v) is 17.6. The number of benzene rings is 2. The van der Waals surface area contributed by atoms with Crippen LogP contribution in [0.1, 0.15) is 15.9 Å². The molecule has 1 aromatic heterocycles. The zero-order chi connectivity index (χ0) is 21.3. The van der Waals surface area contributed by atoms with Crippen LogP contribution in [-0.2, 0) is 17.8 Å². The van der Waals surface area contributed by atoms with E-state index in [1.807, 2.05) is 37.2 Å². The van der Waals surface area contributed by atoms with Crippen LogP contribution in [0.2, 0.25) is 5.02 Å². The summed E-state index contributed by atoms with van der Waals surface area (Å²) in [5.41, 5.74) is 3.90. The Morgan fingerprint density at radius 1 is 1.20 bits per heavy atom. The number of hydrogen-bond donors (Lipinski definition) is 1. The molecule has 7 nitrogen and oxygen atoms in total. The molecule has 1 N–H and O–H groups in total. The highest BCUT2D eigenvalue weighted by Gasteiger charge is 2.25. The normalized spacial score (nSPS) is 12.6. The standard InChI is InChI=1S/C22H22ClN5O2/c1-26(2)20-13-16(23)4-6-18(20)22(30)25-17-5-7-19-15(12-17)8-11-28(19)21(29)14-27-10-3-9-24-27/h3-7,9-10,12-13H,8,11,14H2,1-2H3,(H,25,30). The monoisotopic (exact) mass is 423 g/mol. The van der Waals surface area contributed by atoms with Crippen LogP contribution in [0.15, 0.2) is 54.9 Å². The molecule has 3 aromatic rings. The van der Waals surface area contributed by atoms with Crippen LogP contribution in [0.5, 0.6) is 0 Å². The van der Waals surface area contributed by atoms with E-state index in [9.17, 15) is 9.59 Å². The summed E-state index contributed by atoms with van der Waals surface area (Å²) < 4.78 is 1.61. The topological polar surface area (TPSA) is 70.5 Å². The van der Waals surface area contributed by atoms with Crippen LogP contribution in [0.3, 0.4) is 0 Å². The molecular weight excluding hydrogens is 402 g/mol. The lowest BCUT2D eigenvalue weighted by molar-refractivity contribution is -0.119. The van der Waals surface area contributed by atoms with Crippen molar-refractivity contribution in [3.63, 3.8) is 0 Å². The number of nitrogens with zero attached hydrogens (tertiary/aromatic N) is 4. The Hall–Kier alpha value is -3.32. The van der Waals surface area contributed by atoms with Gasteiger partial charge < -0.3 is 15.1 Å². The summed E-state index contributed by atoms with van der Waals surface area (Å²) in [6.45, 7) is 0.823. The predicted octanol–water partition coefficient (Wildman–Crippen LogP) is 3.44. The lowest BCUT2D eigenvalue weighted by Gasteiger charge is -2.19. The van der Waals surface area contributed by atoms with E-state index in [2.05, 4.69) is 10.4 Å². The van der Waals surface area contributed by atoms with Crippen LogP contribution in [0.4, 0.5) is 17.1 Å². The summed E-state index contributed by atoms with van der Waals surface area (Å²) in [6, 6.07) is 12.6. The van der Waals surface area contributed by atoms with E-state index in [0.717, 1.165) is 23.4 Å². The molecule has 154 valence electrons. The highest BCUT2D eigenvalue weighted by molar-refractivity contribution is 6.31. The number of halogens is 1. The van der Waals surface area contributed by atoms with E-state index in [4.69, 9.17) is 11.6 Å². The minimum Gasteiger partial charge on any atom is -0.377 e. The molecule has 0 unspecified atom stereocenters. The average molecular weight is 424 g/mol.